The molecule has 0 aliphatic carbocycles. The van der Waals surface area contributed by atoms with E-state index in [-0.39, 0.29) is 5.02 Å². The molecule has 0 unspecified atom stereocenters. The lowest BCUT2D eigenvalue weighted by molar-refractivity contribution is -0.131. The van der Waals surface area contributed by atoms with Crippen LogP contribution >= 0.6 is 11.6 Å². The highest BCUT2D eigenvalue weighted by Gasteiger charge is 2.11. The van der Waals surface area contributed by atoms with E-state index < -0.39 is 11.8 Å². The molecular weight excluding hydrogens is 435 g/mol. The Bertz CT molecular complexity index is 1120. The molecule has 166 valence electrons. The second kappa shape index (κ2) is 11.2. The summed E-state index contributed by atoms with van der Waals surface area (Å²) >= 11 is 5.85. The van der Waals surface area contributed by atoms with Crippen LogP contribution in [0.15, 0.2) is 54.7 Å². The van der Waals surface area contributed by atoms with Crippen LogP contribution in [0.4, 0.5) is 21.8 Å². The van der Waals surface area contributed by atoms with Gasteiger partial charge in [-0.15, -0.1) is 0 Å². The standard InChI is InChI=1S/C23H22ClFN4O3/c1-32-11-3-10-26-22-18(16-5-2-4-15(12-16)6-9-21(30)31)14-27-23(29-22)28-17-7-8-20(25)19(24)13-17/h2,4-9,12-14H,3,10-11H2,1H3,(H,30,31)(H2,26,27,28,29). The van der Waals surface area contributed by atoms with E-state index in [1.54, 1.807) is 19.4 Å². The summed E-state index contributed by atoms with van der Waals surface area (Å²) in [5, 5.41) is 15.2. The molecule has 0 aliphatic rings. The molecule has 9 heteroatoms. The molecule has 32 heavy (non-hydrogen) atoms. The number of ether oxygens (including phenoxy) is 1. The maximum atomic E-state index is 13.4. The molecule has 0 fully saturated rings. The largest absolute Gasteiger partial charge is 0.478 e. The van der Waals surface area contributed by atoms with Gasteiger partial charge >= 0.3 is 5.97 Å². The fourth-order valence-electron chi connectivity index (χ4n) is 2.89. The number of anilines is 3. The minimum atomic E-state index is -1.02. The highest BCUT2D eigenvalue weighted by Crippen LogP contribution is 2.29. The number of benzene rings is 2. The lowest BCUT2D eigenvalue weighted by Crippen LogP contribution is -2.09. The number of aliphatic carboxylic acids is 1. The van der Waals surface area contributed by atoms with Crippen molar-refractivity contribution in [1.82, 2.24) is 9.97 Å². The Kier molecular flexibility index (Phi) is 8.13. The molecule has 0 aliphatic heterocycles. The molecule has 0 amide bonds. The lowest BCUT2D eigenvalue weighted by Gasteiger charge is -2.14. The average Bonchev–Trinajstić information content (AvgIpc) is 2.78. The van der Waals surface area contributed by atoms with Gasteiger partial charge in [0.1, 0.15) is 11.6 Å². The first-order valence-corrected chi connectivity index (χ1v) is 10.2. The topological polar surface area (TPSA) is 96.4 Å². The number of nitrogens with one attached hydrogen (secondary N) is 2. The third-order valence-corrected chi connectivity index (χ3v) is 4.69. The summed E-state index contributed by atoms with van der Waals surface area (Å²) < 4.78 is 18.5. The summed E-state index contributed by atoms with van der Waals surface area (Å²) in [5.41, 5.74) is 2.85. The summed E-state index contributed by atoms with van der Waals surface area (Å²) in [6, 6.07) is 11.6. The van der Waals surface area contributed by atoms with Gasteiger partial charge in [-0.1, -0.05) is 29.8 Å². The Labute approximate surface area is 189 Å². The van der Waals surface area contributed by atoms with E-state index >= 15 is 0 Å². The van der Waals surface area contributed by atoms with Crippen LogP contribution in [-0.4, -0.2) is 41.3 Å². The second-order valence-corrected chi connectivity index (χ2v) is 7.19. The monoisotopic (exact) mass is 456 g/mol. The molecule has 0 saturated carbocycles. The van der Waals surface area contributed by atoms with Crippen LogP contribution in [-0.2, 0) is 9.53 Å². The molecule has 0 saturated heterocycles. The number of hydrogen-bond donors (Lipinski definition) is 3. The van der Waals surface area contributed by atoms with Crippen molar-refractivity contribution < 1.29 is 19.0 Å². The van der Waals surface area contributed by atoms with Gasteiger partial charge in [0, 0.05) is 43.8 Å². The van der Waals surface area contributed by atoms with Gasteiger partial charge < -0.3 is 20.5 Å². The number of hydrogen-bond acceptors (Lipinski definition) is 6. The van der Waals surface area contributed by atoms with Crippen LogP contribution < -0.4 is 10.6 Å². The van der Waals surface area contributed by atoms with E-state index in [2.05, 4.69) is 20.6 Å². The molecule has 0 spiro atoms. The van der Waals surface area contributed by atoms with Gasteiger partial charge in [0.05, 0.1) is 5.02 Å². The predicted molar refractivity (Wildman–Crippen MR) is 124 cm³/mol. The van der Waals surface area contributed by atoms with E-state index in [0.717, 1.165) is 29.2 Å². The van der Waals surface area contributed by atoms with Crippen molar-refractivity contribution in [2.45, 2.75) is 6.42 Å². The van der Waals surface area contributed by atoms with Crippen LogP contribution in [0.5, 0.6) is 0 Å². The molecule has 0 bridgehead atoms. The normalized spacial score (nSPS) is 11.0. The summed E-state index contributed by atoms with van der Waals surface area (Å²) in [7, 11) is 1.64. The molecule has 0 atom stereocenters. The van der Waals surface area contributed by atoms with Crippen molar-refractivity contribution in [2.24, 2.45) is 0 Å². The highest BCUT2D eigenvalue weighted by molar-refractivity contribution is 6.31. The fraction of sp³-hybridized carbons (Fsp3) is 0.174. The van der Waals surface area contributed by atoms with E-state index in [4.69, 9.17) is 21.4 Å². The van der Waals surface area contributed by atoms with Crippen LogP contribution in [0.2, 0.25) is 5.02 Å². The molecule has 1 heterocycles. The summed E-state index contributed by atoms with van der Waals surface area (Å²) in [4.78, 5) is 19.8. The van der Waals surface area contributed by atoms with Crippen molar-refractivity contribution in [3.05, 3.63) is 71.1 Å². The number of carbonyl (C=O) groups is 1. The van der Waals surface area contributed by atoms with Crippen LogP contribution in [0.1, 0.15) is 12.0 Å². The third kappa shape index (κ3) is 6.50. The quantitative estimate of drug-likeness (QED) is 0.284. The zero-order chi connectivity index (χ0) is 22.9. The maximum Gasteiger partial charge on any atom is 0.328 e. The van der Waals surface area contributed by atoms with Crippen molar-refractivity contribution in [3.63, 3.8) is 0 Å². The number of halogens is 2. The highest BCUT2D eigenvalue weighted by atomic mass is 35.5. The minimum Gasteiger partial charge on any atom is -0.478 e. The summed E-state index contributed by atoms with van der Waals surface area (Å²) in [5.74, 6) is -0.625. The predicted octanol–water partition coefficient (Wildman–Crippen LogP) is 5.23. The second-order valence-electron chi connectivity index (χ2n) is 6.78. The molecule has 7 nitrogen and oxygen atoms in total. The molecule has 0 radical (unpaired) electrons. The Balaban J connectivity index is 1.91. The van der Waals surface area contributed by atoms with E-state index in [0.29, 0.717) is 30.6 Å². The van der Waals surface area contributed by atoms with Crippen LogP contribution in [0, 0.1) is 5.82 Å². The summed E-state index contributed by atoms with van der Waals surface area (Å²) in [6.07, 6.45) is 5.05. The SMILES string of the molecule is COCCCNc1nc(Nc2ccc(F)c(Cl)c2)ncc1-c1cccc(C=CC(=O)O)c1. The van der Waals surface area contributed by atoms with Crippen molar-refractivity contribution in [1.29, 1.82) is 0 Å². The van der Waals surface area contributed by atoms with Crippen molar-refractivity contribution in [3.8, 4) is 11.1 Å². The van der Waals surface area contributed by atoms with E-state index in [1.807, 2.05) is 24.3 Å². The zero-order valence-corrected chi connectivity index (χ0v) is 18.1. The molecule has 3 aromatic rings. The number of aromatic nitrogens is 2. The Hall–Kier alpha value is -3.49. The minimum absolute atomic E-state index is 0.00392. The van der Waals surface area contributed by atoms with E-state index in [9.17, 15) is 9.18 Å². The number of carboxylic acids is 1. The lowest BCUT2D eigenvalue weighted by atomic mass is 10.0. The molecule has 3 N–H and O–H groups in total. The fourth-order valence-corrected chi connectivity index (χ4v) is 3.07. The molecule has 2 aromatic carbocycles. The van der Waals surface area contributed by atoms with Gasteiger partial charge in [0.15, 0.2) is 0 Å². The Morgan fingerprint density at radius 1 is 1.28 bits per heavy atom. The van der Waals surface area contributed by atoms with Gasteiger partial charge in [-0.25, -0.2) is 14.2 Å². The van der Waals surface area contributed by atoms with Crippen LogP contribution in [0.3, 0.4) is 0 Å². The molecule has 1 aromatic heterocycles. The Morgan fingerprint density at radius 2 is 2.12 bits per heavy atom. The first kappa shape index (κ1) is 23.2. The molecule has 3 rings (SSSR count). The van der Waals surface area contributed by atoms with Gasteiger partial charge in [-0.3, -0.25) is 0 Å². The number of nitrogens with zero attached hydrogens (tertiary/aromatic N) is 2. The number of carboxylic acid groups (broad SMARTS) is 1. The molecular formula is C23H22ClFN4O3. The van der Waals surface area contributed by atoms with Crippen molar-refractivity contribution in [2.75, 3.05) is 30.9 Å². The summed E-state index contributed by atoms with van der Waals surface area (Å²) in [6.45, 7) is 1.22. The van der Waals surface area contributed by atoms with Gasteiger partial charge in [-0.2, -0.15) is 4.98 Å². The first-order valence-electron chi connectivity index (χ1n) is 9.79. The van der Waals surface area contributed by atoms with Gasteiger partial charge in [0.25, 0.3) is 0 Å². The average molecular weight is 457 g/mol. The first-order chi connectivity index (χ1) is 15.5. The third-order valence-electron chi connectivity index (χ3n) is 4.40. The van der Waals surface area contributed by atoms with Gasteiger partial charge in [-0.05, 0) is 47.9 Å². The van der Waals surface area contributed by atoms with Gasteiger partial charge in [0.2, 0.25) is 5.95 Å². The zero-order valence-electron chi connectivity index (χ0n) is 17.3. The maximum absolute atomic E-state index is 13.4. The van der Waals surface area contributed by atoms with Crippen molar-refractivity contribution >= 4 is 41.1 Å². The Morgan fingerprint density at radius 3 is 2.88 bits per heavy atom. The number of methoxy groups -OCH3 is 1. The van der Waals surface area contributed by atoms with E-state index in [1.165, 1.54) is 18.2 Å². The van der Waals surface area contributed by atoms with Crippen LogP contribution in [0.25, 0.3) is 17.2 Å². The smallest absolute Gasteiger partial charge is 0.328 e. The number of rotatable bonds is 10.